The summed E-state index contributed by atoms with van der Waals surface area (Å²) in [5.41, 5.74) is 3.70. The van der Waals surface area contributed by atoms with Crippen molar-refractivity contribution in [3.05, 3.63) is 70.8 Å². The van der Waals surface area contributed by atoms with E-state index in [9.17, 15) is 14.7 Å². The Morgan fingerprint density at radius 3 is 2.25 bits per heavy atom. The van der Waals surface area contributed by atoms with E-state index >= 15 is 0 Å². The van der Waals surface area contributed by atoms with E-state index < -0.39 is 12.3 Å². The smallest absolute Gasteiger partial charge is 0.303 e. The normalized spacial score (nSPS) is 22.8. The van der Waals surface area contributed by atoms with E-state index in [0.29, 0.717) is 6.54 Å². The molecule has 0 bridgehead atoms. The number of aliphatic hydroxyl groups excluding tert-OH is 1. The first-order valence-electron chi connectivity index (χ1n) is 12.4. The average molecular weight is 499 g/mol. The Kier molecular flexibility index (Phi) is 9.43. The molecule has 0 aromatic heterocycles. The van der Waals surface area contributed by atoms with Crippen LogP contribution in [0, 0.1) is 0 Å². The number of benzene rings is 2. The molecule has 2 aromatic rings. The zero-order valence-electron chi connectivity index (χ0n) is 20.3. The molecule has 0 spiro atoms. The number of morpholine rings is 1. The van der Waals surface area contributed by atoms with Crippen LogP contribution in [-0.4, -0.2) is 65.9 Å². The molecule has 2 fully saturated rings. The number of carbonyl (C=O) groups is 2. The number of hydrogen-bond acceptors (Lipinski definition) is 7. The Hall–Kier alpha value is -2.82. The standard InChI is InChI=1S/C27H34N2O7/c30-18-20-3-5-21(6-4-20)24-15-23(17-29-11-13-34-14-12-29)35-27(36-24)22-7-1-19(2-8-22)16-28-25(31)9-10-26(32)33/h1-8,23-24,27,30H,9-18H2,(H,28,31)(H,32,33). The van der Waals surface area contributed by atoms with Gasteiger partial charge in [0.25, 0.3) is 0 Å². The van der Waals surface area contributed by atoms with Crippen LogP contribution in [0.5, 0.6) is 0 Å². The summed E-state index contributed by atoms with van der Waals surface area (Å²) in [5, 5.41) is 20.8. The number of rotatable bonds is 10. The van der Waals surface area contributed by atoms with Crippen LogP contribution in [0.3, 0.4) is 0 Å². The highest BCUT2D eigenvalue weighted by Gasteiger charge is 2.33. The highest BCUT2D eigenvalue weighted by Crippen LogP contribution is 2.38. The number of carboxylic acids is 1. The summed E-state index contributed by atoms with van der Waals surface area (Å²) in [6.45, 7) is 4.35. The van der Waals surface area contributed by atoms with Crippen LogP contribution in [0.15, 0.2) is 48.5 Å². The van der Waals surface area contributed by atoms with Crippen molar-refractivity contribution in [1.82, 2.24) is 10.2 Å². The molecule has 3 unspecified atom stereocenters. The predicted molar refractivity (Wildman–Crippen MR) is 131 cm³/mol. The van der Waals surface area contributed by atoms with Gasteiger partial charge in [-0.15, -0.1) is 0 Å². The highest BCUT2D eigenvalue weighted by atomic mass is 16.7. The van der Waals surface area contributed by atoms with Crippen molar-refractivity contribution in [2.45, 2.75) is 50.9 Å². The molecular weight excluding hydrogens is 464 g/mol. The van der Waals surface area contributed by atoms with Crippen LogP contribution in [0.1, 0.15) is 53.9 Å². The maximum absolute atomic E-state index is 11.8. The Morgan fingerprint density at radius 2 is 1.58 bits per heavy atom. The number of carboxylic acid groups (broad SMARTS) is 1. The second kappa shape index (κ2) is 12.9. The molecule has 2 aliphatic rings. The number of carbonyl (C=O) groups excluding carboxylic acids is 1. The molecule has 2 heterocycles. The van der Waals surface area contributed by atoms with Crippen LogP contribution in [-0.2, 0) is 37.0 Å². The number of hydrogen-bond donors (Lipinski definition) is 3. The Labute approximate surface area is 211 Å². The molecule has 194 valence electrons. The summed E-state index contributed by atoms with van der Waals surface area (Å²) in [7, 11) is 0. The molecule has 3 N–H and O–H groups in total. The molecule has 0 aliphatic carbocycles. The van der Waals surface area contributed by atoms with Gasteiger partial charge in [-0.3, -0.25) is 14.5 Å². The second-order valence-electron chi connectivity index (χ2n) is 9.18. The van der Waals surface area contributed by atoms with E-state index in [1.54, 1.807) is 0 Å². The minimum absolute atomic E-state index is 0.00353. The Balaban J connectivity index is 1.42. The summed E-state index contributed by atoms with van der Waals surface area (Å²) >= 11 is 0. The van der Waals surface area contributed by atoms with Crippen molar-refractivity contribution in [3.63, 3.8) is 0 Å². The fraction of sp³-hybridized carbons (Fsp3) is 0.481. The third kappa shape index (κ3) is 7.59. The van der Waals surface area contributed by atoms with Gasteiger partial charge in [-0.25, -0.2) is 0 Å². The van der Waals surface area contributed by atoms with Gasteiger partial charge in [-0.1, -0.05) is 48.5 Å². The van der Waals surface area contributed by atoms with Gasteiger partial charge in [-0.2, -0.15) is 0 Å². The molecule has 3 atom stereocenters. The van der Waals surface area contributed by atoms with Crippen LogP contribution in [0.25, 0.3) is 0 Å². The van der Waals surface area contributed by atoms with Gasteiger partial charge in [0.15, 0.2) is 6.29 Å². The number of nitrogens with one attached hydrogen (secondary N) is 1. The van der Waals surface area contributed by atoms with Crippen LogP contribution >= 0.6 is 0 Å². The summed E-state index contributed by atoms with van der Waals surface area (Å²) < 4.78 is 18.3. The fourth-order valence-electron chi connectivity index (χ4n) is 4.41. The van der Waals surface area contributed by atoms with Crippen molar-refractivity contribution in [2.75, 3.05) is 32.8 Å². The number of aliphatic carboxylic acids is 1. The summed E-state index contributed by atoms with van der Waals surface area (Å²) in [5.74, 6) is -1.28. The van der Waals surface area contributed by atoms with Crippen LogP contribution < -0.4 is 5.32 Å². The molecule has 2 aromatic carbocycles. The maximum Gasteiger partial charge on any atom is 0.303 e. The molecule has 9 nitrogen and oxygen atoms in total. The third-order valence-corrected chi connectivity index (χ3v) is 6.49. The van der Waals surface area contributed by atoms with E-state index in [1.165, 1.54) is 0 Å². The van der Waals surface area contributed by atoms with Crippen LogP contribution in [0.4, 0.5) is 0 Å². The van der Waals surface area contributed by atoms with E-state index in [-0.39, 0.29) is 37.6 Å². The van der Waals surface area contributed by atoms with Gasteiger partial charge in [0.1, 0.15) is 0 Å². The predicted octanol–water partition coefficient (Wildman–Crippen LogP) is 2.54. The maximum atomic E-state index is 11.8. The Bertz CT molecular complexity index is 990. The molecule has 0 radical (unpaired) electrons. The minimum atomic E-state index is -0.989. The molecule has 4 rings (SSSR count). The summed E-state index contributed by atoms with van der Waals surface area (Å²) in [6.07, 6.45) is -0.189. The molecule has 36 heavy (non-hydrogen) atoms. The molecule has 1 amide bonds. The first kappa shape index (κ1) is 26.2. The third-order valence-electron chi connectivity index (χ3n) is 6.49. The number of aliphatic hydroxyl groups is 1. The van der Waals surface area contributed by atoms with Crippen molar-refractivity contribution >= 4 is 11.9 Å². The molecule has 2 saturated heterocycles. The van der Waals surface area contributed by atoms with Gasteiger partial charge in [0, 0.05) is 44.6 Å². The van der Waals surface area contributed by atoms with Gasteiger partial charge >= 0.3 is 5.97 Å². The van der Waals surface area contributed by atoms with E-state index in [4.69, 9.17) is 19.3 Å². The first-order chi connectivity index (χ1) is 17.5. The molecule has 9 heteroatoms. The van der Waals surface area contributed by atoms with Crippen molar-refractivity contribution < 1.29 is 34.0 Å². The minimum Gasteiger partial charge on any atom is -0.481 e. The monoisotopic (exact) mass is 498 g/mol. The quantitative estimate of drug-likeness (QED) is 0.458. The van der Waals surface area contributed by atoms with Crippen molar-refractivity contribution in [3.8, 4) is 0 Å². The van der Waals surface area contributed by atoms with E-state index in [1.807, 2.05) is 48.5 Å². The summed E-state index contributed by atoms with van der Waals surface area (Å²) in [4.78, 5) is 24.8. The average Bonchev–Trinajstić information content (AvgIpc) is 2.91. The van der Waals surface area contributed by atoms with Crippen molar-refractivity contribution in [2.24, 2.45) is 0 Å². The van der Waals surface area contributed by atoms with Gasteiger partial charge < -0.3 is 29.7 Å². The van der Waals surface area contributed by atoms with Gasteiger partial charge in [-0.05, 0) is 16.7 Å². The van der Waals surface area contributed by atoms with Gasteiger partial charge in [0.2, 0.25) is 5.91 Å². The van der Waals surface area contributed by atoms with Crippen LogP contribution in [0.2, 0.25) is 0 Å². The number of amides is 1. The number of ether oxygens (including phenoxy) is 3. The lowest BCUT2D eigenvalue weighted by Crippen LogP contribution is -2.44. The van der Waals surface area contributed by atoms with Gasteiger partial charge in [0.05, 0.1) is 38.4 Å². The highest BCUT2D eigenvalue weighted by molar-refractivity contribution is 5.80. The molecule has 2 aliphatic heterocycles. The second-order valence-corrected chi connectivity index (χ2v) is 9.18. The molecular formula is C27H34N2O7. The molecule has 0 saturated carbocycles. The lowest BCUT2D eigenvalue weighted by atomic mass is 9.99. The zero-order valence-corrected chi connectivity index (χ0v) is 20.3. The van der Waals surface area contributed by atoms with E-state index in [0.717, 1.165) is 61.5 Å². The number of nitrogens with zero attached hydrogens (tertiary/aromatic N) is 1. The topological polar surface area (TPSA) is 118 Å². The lowest BCUT2D eigenvalue weighted by Gasteiger charge is -2.39. The fourth-order valence-corrected chi connectivity index (χ4v) is 4.41. The first-order valence-corrected chi connectivity index (χ1v) is 12.4. The Morgan fingerprint density at radius 1 is 0.917 bits per heavy atom. The zero-order chi connectivity index (χ0) is 25.3. The summed E-state index contributed by atoms with van der Waals surface area (Å²) in [6, 6.07) is 15.5. The SMILES string of the molecule is O=C(O)CCC(=O)NCc1ccc(C2OC(CN3CCOCC3)CC(c3ccc(CO)cc3)O2)cc1. The van der Waals surface area contributed by atoms with E-state index in [2.05, 4.69) is 10.2 Å². The largest absolute Gasteiger partial charge is 0.481 e. The van der Waals surface area contributed by atoms with Crippen molar-refractivity contribution in [1.29, 1.82) is 0 Å². The lowest BCUT2D eigenvalue weighted by molar-refractivity contribution is -0.253.